The molecule has 0 saturated carbocycles. The maximum Gasteiger partial charge on any atom is 0.338 e. The van der Waals surface area contributed by atoms with E-state index in [0.717, 1.165) is 6.54 Å². The average molecular weight is 301 g/mol. The lowest BCUT2D eigenvalue weighted by atomic mass is 10.2. The number of esters is 1. The maximum atomic E-state index is 11.8. The van der Waals surface area contributed by atoms with Crippen LogP contribution in [0.15, 0.2) is 24.3 Å². The predicted molar refractivity (Wildman–Crippen MR) is 77.2 cm³/mol. The number of benzene rings is 1. The lowest BCUT2D eigenvalue weighted by molar-refractivity contribution is -0.942. The SMILES string of the molecule is CC(C)[NH+](CCOC(=O)c1ccc(N)cc1)C(C)C.[Cl-]. The summed E-state index contributed by atoms with van der Waals surface area (Å²) in [6.07, 6.45) is 0. The monoisotopic (exact) mass is 300 g/mol. The number of quaternary nitrogens is 1. The Kier molecular flexibility index (Phi) is 8.26. The van der Waals surface area contributed by atoms with Gasteiger partial charge >= 0.3 is 5.97 Å². The molecule has 0 aliphatic rings. The summed E-state index contributed by atoms with van der Waals surface area (Å²) in [5.41, 5.74) is 6.77. The third-order valence-corrected chi connectivity index (χ3v) is 3.25. The molecule has 0 aliphatic heterocycles. The third kappa shape index (κ3) is 5.80. The van der Waals surface area contributed by atoms with E-state index in [1.165, 1.54) is 4.90 Å². The summed E-state index contributed by atoms with van der Waals surface area (Å²) in [4.78, 5) is 13.2. The first-order chi connectivity index (χ1) is 8.91. The highest BCUT2D eigenvalue weighted by atomic mass is 35.5. The van der Waals surface area contributed by atoms with Crippen molar-refractivity contribution < 1.29 is 26.8 Å². The molecule has 1 aromatic rings. The highest BCUT2D eigenvalue weighted by molar-refractivity contribution is 5.89. The predicted octanol–water partition coefficient (Wildman–Crippen LogP) is -1.87. The number of rotatable bonds is 6. The molecule has 0 bridgehead atoms. The highest BCUT2D eigenvalue weighted by Gasteiger charge is 2.17. The Morgan fingerprint density at radius 1 is 1.15 bits per heavy atom. The number of nitrogen functional groups attached to an aromatic ring is 1. The fourth-order valence-electron chi connectivity index (χ4n) is 2.21. The van der Waals surface area contributed by atoms with Gasteiger partial charge in [0.15, 0.2) is 0 Å². The molecule has 4 nitrogen and oxygen atoms in total. The van der Waals surface area contributed by atoms with Crippen molar-refractivity contribution in [2.24, 2.45) is 0 Å². The topological polar surface area (TPSA) is 56.8 Å². The molecule has 0 atom stereocenters. The van der Waals surface area contributed by atoms with E-state index in [1.54, 1.807) is 24.3 Å². The Labute approximate surface area is 127 Å². The van der Waals surface area contributed by atoms with Crippen molar-refractivity contribution in [3.8, 4) is 0 Å². The zero-order valence-corrected chi connectivity index (χ0v) is 13.4. The van der Waals surface area contributed by atoms with Crippen molar-refractivity contribution in [2.45, 2.75) is 39.8 Å². The smallest absolute Gasteiger partial charge is 0.338 e. The second-order valence-electron chi connectivity index (χ2n) is 5.39. The number of ether oxygens (including phenoxy) is 1. The number of carbonyl (C=O) groups is 1. The summed E-state index contributed by atoms with van der Waals surface area (Å²) in [6.45, 7) is 9.98. The van der Waals surface area contributed by atoms with E-state index in [4.69, 9.17) is 10.5 Å². The van der Waals surface area contributed by atoms with E-state index in [2.05, 4.69) is 27.7 Å². The van der Waals surface area contributed by atoms with Gasteiger partial charge in [-0.3, -0.25) is 0 Å². The first-order valence-corrected chi connectivity index (χ1v) is 6.80. The molecule has 0 heterocycles. The Morgan fingerprint density at radius 2 is 1.65 bits per heavy atom. The maximum absolute atomic E-state index is 11.8. The summed E-state index contributed by atoms with van der Waals surface area (Å²) in [5, 5.41) is 0. The molecule has 0 amide bonds. The fourth-order valence-corrected chi connectivity index (χ4v) is 2.21. The van der Waals surface area contributed by atoms with Gasteiger partial charge in [0.2, 0.25) is 0 Å². The Balaban J connectivity index is 0.00000361. The van der Waals surface area contributed by atoms with Crippen LogP contribution in [-0.2, 0) is 4.74 Å². The van der Waals surface area contributed by atoms with Gasteiger partial charge in [-0.15, -0.1) is 0 Å². The van der Waals surface area contributed by atoms with Gasteiger partial charge in [0, 0.05) is 5.69 Å². The first-order valence-electron chi connectivity index (χ1n) is 6.80. The van der Waals surface area contributed by atoms with Crippen LogP contribution in [0.3, 0.4) is 0 Å². The lowest BCUT2D eigenvalue weighted by Gasteiger charge is -2.27. The van der Waals surface area contributed by atoms with Gasteiger partial charge in [-0.25, -0.2) is 4.79 Å². The largest absolute Gasteiger partial charge is 1.00 e. The quantitative estimate of drug-likeness (QED) is 0.478. The normalized spacial score (nSPS) is 10.8. The van der Waals surface area contributed by atoms with E-state index in [-0.39, 0.29) is 18.4 Å². The number of hydrogen-bond donors (Lipinski definition) is 2. The molecule has 5 heteroatoms. The van der Waals surface area contributed by atoms with Gasteiger partial charge in [0.25, 0.3) is 0 Å². The molecular weight excluding hydrogens is 276 g/mol. The number of nitrogens with one attached hydrogen (secondary N) is 1. The minimum atomic E-state index is -0.285. The van der Waals surface area contributed by atoms with E-state index in [1.807, 2.05) is 0 Å². The van der Waals surface area contributed by atoms with Gasteiger partial charge in [0.1, 0.15) is 13.2 Å². The molecule has 1 aromatic carbocycles. The molecule has 0 aromatic heterocycles. The Morgan fingerprint density at radius 3 is 2.10 bits per heavy atom. The van der Waals surface area contributed by atoms with E-state index in [0.29, 0.717) is 29.9 Å². The van der Waals surface area contributed by atoms with Gasteiger partial charge in [-0.2, -0.15) is 0 Å². The Hall–Kier alpha value is -1.26. The number of nitrogens with two attached hydrogens (primary N) is 1. The van der Waals surface area contributed by atoms with Crippen LogP contribution >= 0.6 is 0 Å². The third-order valence-electron chi connectivity index (χ3n) is 3.25. The highest BCUT2D eigenvalue weighted by Crippen LogP contribution is 2.06. The summed E-state index contributed by atoms with van der Waals surface area (Å²) < 4.78 is 5.30. The summed E-state index contributed by atoms with van der Waals surface area (Å²) in [6, 6.07) is 7.83. The number of carbonyl (C=O) groups excluding carboxylic acids is 1. The van der Waals surface area contributed by atoms with Crippen molar-refractivity contribution in [1.82, 2.24) is 0 Å². The number of halogens is 1. The molecule has 0 radical (unpaired) electrons. The van der Waals surface area contributed by atoms with Crippen LogP contribution in [-0.4, -0.2) is 31.2 Å². The minimum absolute atomic E-state index is 0. The molecule has 3 N–H and O–H groups in total. The van der Waals surface area contributed by atoms with Gasteiger partial charge in [-0.05, 0) is 52.0 Å². The molecule has 0 spiro atoms. The molecule has 114 valence electrons. The molecule has 0 saturated heterocycles. The summed E-state index contributed by atoms with van der Waals surface area (Å²) in [7, 11) is 0. The average Bonchev–Trinajstić information content (AvgIpc) is 2.34. The van der Waals surface area contributed by atoms with E-state index < -0.39 is 0 Å². The van der Waals surface area contributed by atoms with Crippen LogP contribution < -0.4 is 23.0 Å². The summed E-state index contributed by atoms with van der Waals surface area (Å²) >= 11 is 0. The van der Waals surface area contributed by atoms with Crippen LogP contribution in [0.25, 0.3) is 0 Å². The Bertz CT molecular complexity index is 397. The first kappa shape index (κ1) is 18.7. The zero-order chi connectivity index (χ0) is 14.4. The van der Waals surface area contributed by atoms with Crippen molar-refractivity contribution in [3.63, 3.8) is 0 Å². The van der Waals surface area contributed by atoms with Crippen molar-refractivity contribution >= 4 is 11.7 Å². The molecule has 0 fully saturated rings. The molecule has 0 aliphatic carbocycles. The molecule has 20 heavy (non-hydrogen) atoms. The van der Waals surface area contributed by atoms with E-state index in [9.17, 15) is 4.79 Å². The van der Waals surface area contributed by atoms with Gasteiger partial charge in [-0.1, -0.05) is 0 Å². The van der Waals surface area contributed by atoms with Crippen molar-refractivity contribution in [1.29, 1.82) is 0 Å². The van der Waals surface area contributed by atoms with Crippen LogP contribution in [0.4, 0.5) is 5.69 Å². The van der Waals surface area contributed by atoms with Gasteiger partial charge < -0.3 is 27.8 Å². The van der Waals surface area contributed by atoms with Crippen LogP contribution in [0.2, 0.25) is 0 Å². The van der Waals surface area contributed by atoms with Crippen molar-refractivity contribution in [3.05, 3.63) is 29.8 Å². The molecule has 0 unspecified atom stereocenters. The lowest BCUT2D eigenvalue weighted by Crippen LogP contribution is -3.18. The van der Waals surface area contributed by atoms with Crippen molar-refractivity contribution in [2.75, 3.05) is 18.9 Å². The van der Waals surface area contributed by atoms with Crippen LogP contribution in [0.5, 0.6) is 0 Å². The number of hydrogen-bond acceptors (Lipinski definition) is 3. The van der Waals surface area contributed by atoms with Crippen LogP contribution in [0.1, 0.15) is 38.1 Å². The second-order valence-corrected chi connectivity index (χ2v) is 5.39. The zero-order valence-electron chi connectivity index (χ0n) is 12.7. The van der Waals surface area contributed by atoms with E-state index >= 15 is 0 Å². The summed E-state index contributed by atoms with van der Waals surface area (Å²) in [5.74, 6) is -0.285. The fraction of sp³-hybridized carbons (Fsp3) is 0.533. The van der Waals surface area contributed by atoms with Gasteiger partial charge in [0.05, 0.1) is 17.6 Å². The molecular formula is C15H25ClN2O2. The number of anilines is 1. The minimum Gasteiger partial charge on any atom is -1.00 e. The second kappa shape index (κ2) is 8.82. The standard InChI is InChI=1S/C15H24N2O2.ClH/c1-11(2)17(12(3)4)9-10-19-15(18)13-5-7-14(16)8-6-13;/h5-8,11-12H,9-10,16H2,1-4H3;1H. The molecule has 1 rings (SSSR count). The van der Waals surface area contributed by atoms with Crippen LogP contribution in [0, 0.1) is 0 Å².